The maximum Gasteiger partial charge on any atom is 0.243 e. The van der Waals surface area contributed by atoms with Crippen molar-refractivity contribution in [1.29, 1.82) is 0 Å². The van der Waals surface area contributed by atoms with Crippen molar-refractivity contribution in [3.05, 3.63) is 58.6 Å². The molecule has 0 bridgehead atoms. The number of hydrogen-bond acceptors (Lipinski definition) is 9. The topological polar surface area (TPSA) is 164 Å². The van der Waals surface area contributed by atoms with E-state index in [-0.39, 0.29) is 37.1 Å². The molecule has 3 amide bonds. The van der Waals surface area contributed by atoms with Crippen LogP contribution in [0.1, 0.15) is 113 Å². The fourth-order valence-electron chi connectivity index (χ4n) is 6.53. The van der Waals surface area contributed by atoms with Gasteiger partial charge in [0, 0.05) is 25.6 Å². The highest BCUT2D eigenvalue weighted by Crippen LogP contribution is 2.32. The Morgan fingerprint density at radius 2 is 1.71 bits per heavy atom. The first-order valence-electron chi connectivity index (χ1n) is 17.8. The maximum absolute atomic E-state index is 13.9. The van der Waals surface area contributed by atoms with Crippen molar-refractivity contribution in [1.82, 2.24) is 25.7 Å². The summed E-state index contributed by atoms with van der Waals surface area (Å²) in [4.78, 5) is 47.9. The third-order valence-electron chi connectivity index (χ3n) is 9.23. The predicted octanol–water partition coefficient (Wildman–Crippen LogP) is 5.56. The van der Waals surface area contributed by atoms with E-state index in [0.717, 1.165) is 53.9 Å². The summed E-state index contributed by atoms with van der Waals surface area (Å²) in [6, 6.07) is 8.01. The Balaban J connectivity index is 1.43. The second kappa shape index (κ2) is 19.0. The molecule has 1 saturated heterocycles. The molecule has 11 nitrogen and oxygen atoms in total. The number of aliphatic hydroxyl groups is 1. The van der Waals surface area contributed by atoms with Crippen LogP contribution in [0.2, 0.25) is 0 Å². The number of likely N-dealkylation sites (tertiary alicyclic amines) is 1. The minimum absolute atomic E-state index is 0.0367. The molecule has 268 valence electrons. The molecule has 4 atom stereocenters. The normalized spacial score (nSPS) is 17.3. The Kier molecular flexibility index (Phi) is 14.8. The Hall–Kier alpha value is -3.61. The molecule has 4 rings (SSSR count). The zero-order chi connectivity index (χ0) is 35.3. The summed E-state index contributed by atoms with van der Waals surface area (Å²) in [5, 5.41) is 20.7. The minimum atomic E-state index is -0.896. The molecule has 5 N–H and O–H groups in total. The number of rotatable bonds is 19. The molecule has 2 aromatic heterocycles. The zero-order valence-corrected chi connectivity index (χ0v) is 30.3. The van der Waals surface area contributed by atoms with Gasteiger partial charge in [-0.15, -0.1) is 11.3 Å². The lowest BCUT2D eigenvalue weighted by molar-refractivity contribution is -0.141. The van der Waals surface area contributed by atoms with Gasteiger partial charge in [-0.1, -0.05) is 81.8 Å². The Bertz CT molecular complexity index is 1490. The number of aliphatic hydroxyl groups excluding tert-OH is 1. The Morgan fingerprint density at radius 3 is 2.31 bits per heavy atom. The number of nitrogens with two attached hydrogens (primary N) is 1. The standard InChI is InChI=1S/C37H54N6O5S/c1-24(2)34(32-19-25(3)42-48-32)37(47)43-22-29(44)20-31(43)36(46)41-30(27-13-15-28(16-14-27)35-26(4)40-23-49-35)21-33(45)39-18-12-10-8-6-5-7-9-11-17-38/h13-16,19,23-24,29-31,34,44H,5-12,17-18,20-22,38H2,1-4H3,(H,39,45)(H,41,46)/t29-,30+,31+,34-/m1/s1. The predicted molar refractivity (Wildman–Crippen MR) is 192 cm³/mol. The number of amides is 3. The van der Waals surface area contributed by atoms with Gasteiger partial charge in [0.05, 0.1) is 40.3 Å². The highest BCUT2D eigenvalue weighted by Gasteiger charge is 2.43. The summed E-state index contributed by atoms with van der Waals surface area (Å²) in [6.45, 7) is 8.96. The molecular weight excluding hydrogens is 641 g/mol. The minimum Gasteiger partial charge on any atom is -0.391 e. The Labute approximate surface area is 294 Å². The molecular formula is C37H54N6O5S. The molecule has 0 radical (unpaired) electrons. The number of unbranched alkanes of at least 4 members (excludes halogenated alkanes) is 7. The maximum atomic E-state index is 13.9. The van der Waals surface area contributed by atoms with Crippen LogP contribution in [0.4, 0.5) is 0 Å². The number of hydrogen-bond donors (Lipinski definition) is 4. The molecule has 1 aromatic carbocycles. The van der Waals surface area contributed by atoms with Crippen molar-refractivity contribution in [2.75, 3.05) is 19.6 Å². The average Bonchev–Trinajstić information content (AvgIpc) is 3.81. The summed E-state index contributed by atoms with van der Waals surface area (Å²) >= 11 is 1.56. The van der Waals surface area contributed by atoms with E-state index in [9.17, 15) is 19.5 Å². The van der Waals surface area contributed by atoms with E-state index in [1.165, 1.54) is 30.6 Å². The zero-order valence-electron chi connectivity index (χ0n) is 29.5. The molecule has 0 saturated carbocycles. The van der Waals surface area contributed by atoms with Crippen LogP contribution in [0.25, 0.3) is 10.4 Å². The van der Waals surface area contributed by atoms with Crippen molar-refractivity contribution >= 4 is 29.1 Å². The van der Waals surface area contributed by atoms with Gasteiger partial charge in [-0.25, -0.2) is 4.98 Å². The van der Waals surface area contributed by atoms with Crippen molar-refractivity contribution in [3.63, 3.8) is 0 Å². The number of aromatic nitrogens is 2. The lowest BCUT2D eigenvalue weighted by Crippen LogP contribution is -2.49. The van der Waals surface area contributed by atoms with E-state index >= 15 is 0 Å². The van der Waals surface area contributed by atoms with E-state index in [1.54, 1.807) is 24.3 Å². The second-order valence-electron chi connectivity index (χ2n) is 13.6. The lowest BCUT2D eigenvalue weighted by Gasteiger charge is -2.30. The molecule has 1 aliphatic heterocycles. The first-order valence-corrected chi connectivity index (χ1v) is 18.7. The number of benzene rings is 1. The largest absolute Gasteiger partial charge is 0.391 e. The summed E-state index contributed by atoms with van der Waals surface area (Å²) in [7, 11) is 0. The van der Waals surface area contributed by atoms with Gasteiger partial charge in [-0.2, -0.15) is 0 Å². The number of nitrogens with one attached hydrogen (secondary N) is 2. The number of carbonyl (C=O) groups is 3. The van der Waals surface area contributed by atoms with E-state index < -0.39 is 30.0 Å². The van der Waals surface area contributed by atoms with Gasteiger partial charge in [0.15, 0.2) is 0 Å². The summed E-state index contributed by atoms with van der Waals surface area (Å²) in [5.41, 5.74) is 10.8. The van der Waals surface area contributed by atoms with Crippen LogP contribution in [-0.4, -0.2) is 69.6 Å². The molecule has 0 aliphatic carbocycles. The molecule has 1 aliphatic rings. The average molecular weight is 695 g/mol. The van der Waals surface area contributed by atoms with Gasteiger partial charge in [0.25, 0.3) is 0 Å². The molecule has 3 heterocycles. The first kappa shape index (κ1) is 38.2. The van der Waals surface area contributed by atoms with Crippen LogP contribution < -0.4 is 16.4 Å². The van der Waals surface area contributed by atoms with Crippen LogP contribution in [0.15, 0.2) is 40.4 Å². The molecule has 49 heavy (non-hydrogen) atoms. The molecule has 0 unspecified atom stereocenters. The van der Waals surface area contributed by atoms with Gasteiger partial charge in [0.1, 0.15) is 17.7 Å². The van der Waals surface area contributed by atoms with Gasteiger partial charge < -0.3 is 30.9 Å². The first-order chi connectivity index (χ1) is 23.6. The molecule has 0 spiro atoms. The molecule has 1 fully saturated rings. The molecule has 3 aromatic rings. The highest BCUT2D eigenvalue weighted by atomic mass is 32.1. The van der Waals surface area contributed by atoms with Crippen LogP contribution in [0.5, 0.6) is 0 Å². The summed E-state index contributed by atoms with van der Waals surface area (Å²) in [6.07, 6.45) is 8.28. The lowest BCUT2D eigenvalue weighted by atomic mass is 9.91. The number of carbonyl (C=O) groups excluding carboxylic acids is 3. The van der Waals surface area contributed by atoms with E-state index in [0.29, 0.717) is 18.0 Å². The van der Waals surface area contributed by atoms with Gasteiger partial charge in [0.2, 0.25) is 17.7 Å². The quantitative estimate of drug-likeness (QED) is 0.119. The number of β-amino-alcohol motifs (C(OH)–C–C–N with tert-alkyl or cyclic N) is 1. The fourth-order valence-corrected chi connectivity index (χ4v) is 7.34. The monoisotopic (exact) mass is 694 g/mol. The van der Waals surface area contributed by atoms with Crippen LogP contribution >= 0.6 is 11.3 Å². The van der Waals surface area contributed by atoms with Crippen molar-refractivity contribution < 1.29 is 24.0 Å². The van der Waals surface area contributed by atoms with Crippen molar-refractivity contribution in [2.45, 2.75) is 116 Å². The van der Waals surface area contributed by atoms with Crippen LogP contribution in [0, 0.1) is 19.8 Å². The number of nitrogens with zero attached hydrogens (tertiary/aromatic N) is 3. The van der Waals surface area contributed by atoms with E-state index in [1.807, 2.05) is 50.5 Å². The van der Waals surface area contributed by atoms with Gasteiger partial charge in [-0.05, 0) is 50.3 Å². The van der Waals surface area contributed by atoms with Crippen LogP contribution in [-0.2, 0) is 14.4 Å². The number of aryl methyl sites for hydroxylation is 2. The van der Waals surface area contributed by atoms with Gasteiger partial charge >= 0.3 is 0 Å². The highest BCUT2D eigenvalue weighted by molar-refractivity contribution is 7.13. The number of thiazole rings is 1. The molecule has 12 heteroatoms. The fraction of sp³-hybridized carbons (Fsp3) is 0.595. The summed E-state index contributed by atoms with van der Waals surface area (Å²) in [5.74, 6) is -1.20. The van der Waals surface area contributed by atoms with Crippen molar-refractivity contribution in [3.8, 4) is 10.4 Å². The third-order valence-corrected chi connectivity index (χ3v) is 10.2. The SMILES string of the molecule is Cc1cc([C@H](C(=O)N2C[C@H](O)C[C@H]2C(=O)N[C@@H](CC(=O)NCCCCCCCCCCN)c2ccc(-c3scnc3C)cc2)C(C)C)on1. The van der Waals surface area contributed by atoms with Gasteiger partial charge in [-0.3, -0.25) is 14.4 Å². The Morgan fingerprint density at radius 1 is 1.04 bits per heavy atom. The van der Waals surface area contributed by atoms with Crippen molar-refractivity contribution in [2.24, 2.45) is 11.7 Å². The van der Waals surface area contributed by atoms with E-state index in [4.69, 9.17) is 10.3 Å². The summed E-state index contributed by atoms with van der Waals surface area (Å²) < 4.78 is 5.47. The van der Waals surface area contributed by atoms with Crippen LogP contribution in [0.3, 0.4) is 0 Å². The van der Waals surface area contributed by atoms with E-state index in [2.05, 4.69) is 20.8 Å². The smallest absolute Gasteiger partial charge is 0.243 e. The third kappa shape index (κ3) is 10.9. The second-order valence-corrected chi connectivity index (χ2v) is 14.5.